The van der Waals surface area contributed by atoms with Crippen molar-refractivity contribution in [1.29, 1.82) is 0 Å². The number of rotatable bonds is 3. The first-order valence-corrected chi connectivity index (χ1v) is 9.02. The molecule has 1 amide bonds. The van der Waals surface area contributed by atoms with E-state index < -0.39 is 0 Å². The van der Waals surface area contributed by atoms with Gasteiger partial charge in [0.15, 0.2) is 0 Å². The van der Waals surface area contributed by atoms with Crippen molar-refractivity contribution in [3.63, 3.8) is 0 Å². The van der Waals surface area contributed by atoms with Gasteiger partial charge in [-0.3, -0.25) is 4.79 Å². The van der Waals surface area contributed by atoms with Crippen LogP contribution in [0.25, 0.3) is 11.4 Å². The summed E-state index contributed by atoms with van der Waals surface area (Å²) in [5.74, 6) is 1.67. The minimum atomic E-state index is -0.0585. The lowest BCUT2D eigenvalue weighted by atomic mass is 9.98. The van der Waals surface area contributed by atoms with Gasteiger partial charge in [-0.15, -0.1) is 0 Å². The van der Waals surface area contributed by atoms with Gasteiger partial charge in [-0.05, 0) is 32.1 Å². The van der Waals surface area contributed by atoms with Gasteiger partial charge >= 0.3 is 0 Å². The number of likely N-dealkylation sites (tertiary alicyclic amines) is 1. The molecule has 0 unspecified atom stereocenters. The van der Waals surface area contributed by atoms with E-state index in [0.29, 0.717) is 11.7 Å². The number of hydrogen-bond acceptors (Lipinski definition) is 4. The van der Waals surface area contributed by atoms with Gasteiger partial charge in [0.25, 0.3) is 0 Å². The summed E-state index contributed by atoms with van der Waals surface area (Å²) in [6, 6.07) is 9.77. The van der Waals surface area contributed by atoms with Crippen molar-refractivity contribution in [2.75, 3.05) is 6.54 Å². The molecule has 2 heterocycles. The molecule has 1 saturated carbocycles. The van der Waals surface area contributed by atoms with E-state index >= 15 is 0 Å². The van der Waals surface area contributed by atoms with Gasteiger partial charge in [-0.1, -0.05) is 48.3 Å². The van der Waals surface area contributed by atoms with Crippen LogP contribution >= 0.6 is 0 Å². The molecule has 0 spiro atoms. The summed E-state index contributed by atoms with van der Waals surface area (Å²) in [6.45, 7) is 0.809. The maximum atomic E-state index is 12.9. The second kappa shape index (κ2) is 6.75. The molecule has 0 radical (unpaired) electrons. The average molecular weight is 325 g/mol. The lowest BCUT2D eigenvalue weighted by Gasteiger charge is -2.35. The van der Waals surface area contributed by atoms with Gasteiger partial charge in [0.2, 0.25) is 17.6 Å². The Kier molecular flexibility index (Phi) is 4.32. The molecular formula is C19H23N3O2. The second-order valence-electron chi connectivity index (χ2n) is 6.85. The third-order valence-electron chi connectivity index (χ3n) is 5.25. The van der Waals surface area contributed by atoms with Crippen LogP contribution in [0.15, 0.2) is 34.9 Å². The summed E-state index contributed by atoms with van der Waals surface area (Å²) in [5, 5.41) is 4.13. The fraction of sp³-hybridized carbons (Fsp3) is 0.526. The molecule has 24 heavy (non-hydrogen) atoms. The molecule has 0 N–H and O–H groups in total. The Morgan fingerprint density at radius 2 is 1.79 bits per heavy atom. The van der Waals surface area contributed by atoms with Gasteiger partial charge in [0.1, 0.15) is 6.04 Å². The van der Waals surface area contributed by atoms with Crippen molar-refractivity contribution in [3.05, 3.63) is 36.2 Å². The van der Waals surface area contributed by atoms with Crippen LogP contribution in [-0.4, -0.2) is 27.5 Å². The number of hydrogen-bond donors (Lipinski definition) is 0. The lowest BCUT2D eigenvalue weighted by Crippen LogP contribution is -2.41. The molecule has 5 nitrogen and oxygen atoms in total. The molecule has 1 aromatic heterocycles. The average Bonchev–Trinajstić information content (AvgIpc) is 3.34. The summed E-state index contributed by atoms with van der Waals surface area (Å²) in [4.78, 5) is 19.5. The van der Waals surface area contributed by atoms with Gasteiger partial charge in [0.05, 0.1) is 0 Å². The highest BCUT2D eigenvalue weighted by Gasteiger charge is 2.36. The first kappa shape index (κ1) is 15.4. The van der Waals surface area contributed by atoms with Gasteiger partial charge in [-0.2, -0.15) is 4.98 Å². The Morgan fingerprint density at radius 3 is 2.58 bits per heavy atom. The molecule has 1 saturated heterocycles. The first-order chi connectivity index (χ1) is 11.8. The molecular weight excluding hydrogens is 302 g/mol. The highest BCUT2D eigenvalue weighted by atomic mass is 16.5. The normalized spacial score (nSPS) is 22.0. The van der Waals surface area contributed by atoms with Crippen molar-refractivity contribution in [3.8, 4) is 11.4 Å². The molecule has 1 aromatic carbocycles. The van der Waals surface area contributed by atoms with E-state index in [1.54, 1.807) is 0 Å². The summed E-state index contributed by atoms with van der Waals surface area (Å²) < 4.78 is 5.55. The quantitative estimate of drug-likeness (QED) is 0.856. The van der Waals surface area contributed by atoms with E-state index in [2.05, 4.69) is 10.1 Å². The molecule has 1 aliphatic heterocycles. The first-order valence-electron chi connectivity index (χ1n) is 9.02. The number of piperidine rings is 1. The Bertz CT molecular complexity index is 692. The zero-order valence-corrected chi connectivity index (χ0v) is 13.9. The molecule has 126 valence electrons. The number of benzene rings is 1. The summed E-state index contributed by atoms with van der Waals surface area (Å²) in [5.41, 5.74) is 0.942. The van der Waals surface area contributed by atoms with Crippen LogP contribution in [0.5, 0.6) is 0 Å². The minimum Gasteiger partial charge on any atom is -0.337 e. The third kappa shape index (κ3) is 2.95. The molecule has 5 heteroatoms. The van der Waals surface area contributed by atoms with E-state index in [0.717, 1.165) is 44.2 Å². The maximum absolute atomic E-state index is 12.9. The highest BCUT2D eigenvalue weighted by molar-refractivity contribution is 5.79. The predicted octanol–water partition coefficient (Wildman–Crippen LogP) is 3.98. The van der Waals surface area contributed by atoms with Crippen LogP contribution in [0.4, 0.5) is 0 Å². The van der Waals surface area contributed by atoms with Crippen LogP contribution in [0.1, 0.15) is 56.9 Å². The van der Waals surface area contributed by atoms with Gasteiger partial charge in [-0.25, -0.2) is 0 Å². The number of carbonyl (C=O) groups excluding carboxylic acids is 1. The van der Waals surface area contributed by atoms with Crippen molar-refractivity contribution in [2.24, 2.45) is 5.92 Å². The third-order valence-corrected chi connectivity index (χ3v) is 5.25. The fourth-order valence-corrected chi connectivity index (χ4v) is 3.93. The lowest BCUT2D eigenvalue weighted by molar-refractivity contribution is -0.140. The smallest absolute Gasteiger partial charge is 0.249 e. The standard InChI is InChI=1S/C19H23N3O2/c23-19(15-10-4-5-11-15)22-13-7-6-12-16(22)18-20-17(21-24-18)14-8-2-1-3-9-14/h1-3,8-9,15-16H,4-7,10-13H2/t16-/m1/s1. The summed E-state index contributed by atoms with van der Waals surface area (Å²) in [6.07, 6.45) is 7.48. The highest BCUT2D eigenvalue weighted by Crippen LogP contribution is 2.35. The molecule has 2 aromatic rings. The van der Waals surface area contributed by atoms with Crippen molar-refractivity contribution in [1.82, 2.24) is 15.0 Å². The Morgan fingerprint density at radius 1 is 1.04 bits per heavy atom. The Hall–Kier alpha value is -2.17. The zero-order chi connectivity index (χ0) is 16.4. The van der Waals surface area contributed by atoms with Crippen LogP contribution in [-0.2, 0) is 4.79 Å². The molecule has 2 aliphatic rings. The molecule has 0 bridgehead atoms. The molecule has 2 fully saturated rings. The van der Waals surface area contributed by atoms with Crippen molar-refractivity contribution >= 4 is 5.91 Å². The zero-order valence-electron chi connectivity index (χ0n) is 13.9. The van der Waals surface area contributed by atoms with Crippen LogP contribution in [0.3, 0.4) is 0 Å². The van der Waals surface area contributed by atoms with Gasteiger partial charge in [0, 0.05) is 18.0 Å². The molecule has 1 aliphatic carbocycles. The number of aromatic nitrogens is 2. The molecule has 1 atom stereocenters. The maximum Gasteiger partial charge on any atom is 0.249 e. The van der Waals surface area contributed by atoms with E-state index in [9.17, 15) is 4.79 Å². The SMILES string of the molecule is O=C(C1CCCC1)N1CCCC[C@@H]1c1nc(-c2ccccc2)no1. The fourth-order valence-electron chi connectivity index (χ4n) is 3.93. The minimum absolute atomic E-state index is 0.0585. The van der Waals surface area contributed by atoms with Crippen molar-refractivity contribution in [2.45, 2.75) is 51.0 Å². The second-order valence-corrected chi connectivity index (χ2v) is 6.85. The van der Waals surface area contributed by atoms with E-state index in [4.69, 9.17) is 4.52 Å². The predicted molar refractivity (Wildman–Crippen MR) is 90.0 cm³/mol. The van der Waals surface area contributed by atoms with Gasteiger partial charge < -0.3 is 9.42 Å². The van der Waals surface area contributed by atoms with Crippen LogP contribution < -0.4 is 0 Å². The Labute approximate surface area is 142 Å². The number of carbonyl (C=O) groups is 1. The largest absolute Gasteiger partial charge is 0.337 e. The topological polar surface area (TPSA) is 59.2 Å². The van der Waals surface area contributed by atoms with Crippen LogP contribution in [0, 0.1) is 5.92 Å². The van der Waals surface area contributed by atoms with E-state index in [1.807, 2.05) is 35.2 Å². The number of nitrogens with zero attached hydrogens (tertiary/aromatic N) is 3. The Balaban J connectivity index is 1.57. The number of amides is 1. The van der Waals surface area contributed by atoms with Crippen molar-refractivity contribution < 1.29 is 9.32 Å². The monoisotopic (exact) mass is 325 g/mol. The van der Waals surface area contributed by atoms with Crippen LogP contribution in [0.2, 0.25) is 0 Å². The van der Waals surface area contributed by atoms with E-state index in [1.165, 1.54) is 12.8 Å². The van der Waals surface area contributed by atoms with E-state index in [-0.39, 0.29) is 17.9 Å². The summed E-state index contributed by atoms with van der Waals surface area (Å²) in [7, 11) is 0. The summed E-state index contributed by atoms with van der Waals surface area (Å²) >= 11 is 0. The molecule has 4 rings (SSSR count).